The molecule has 0 amide bonds. The maximum atomic E-state index is 5.10. The Morgan fingerprint density at radius 3 is 1.00 bits per heavy atom. The van der Waals surface area contributed by atoms with Crippen LogP contribution >= 0.6 is 0 Å². The van der Waals surface area contributed by atoms with Crippen molar-refractivity contribution in [3.8, 4) is 55.9 Å². The van der Waals surface area contributed by atoms with E-state index < -0.39 is 0 Å². The van der Waals surface area contributed by atoms with Crippen LogP contribution in [0, 0.1) is 0 Å². The number of pyridine rings is 2. The van der Waals surface area contributed by atoms with Crippen molar-refractivity contribution in [2.24, 2.45) is 0 Å². The topological polar surface area (TPSA) is 36.7 Å². The molecular weight excluding hydrogens is 791 g/mol. The molecule has 0 aliphatic rings. The Balaban J connectivity index is 0.896. The largest absolute Gasteiger partial charge is 0.311 e. The van der Waals surface area contributed by atoms with Gasteiger partial charge in [0.15, 0.2) is 0 Å². The summed E-state index contributed by atoms with van der Waals surface area (Å²) in [5.74, 6) is 0. The van der Waals surface area contributed by atoms with Gasteiger partial charge in [0.25, 0.3) is 0 Å². The van der Waals surface area contributed by atoms with Gasteiger partial charge in [-0.2, -0.15) is 0 Å². The SMILES string of the molecule is c1ccc(-c2ccc(N(c3ccc(-c4ccccc4)cc3)c3ccc(-c4ccc(N(c5ccncc5)c5ccc(-c6nc7ccccn7c6-c6ccccc6)cc5)cc4)cc3)cc2)cc1. The first-order valence-corrected chi connectivity index (χ1v) is 21.9. The summed E-state index contributed by atoms with van der Waals surface area (Å²) in [6.07, 6.45) is 5.76. The minimum Gasteiger partial charge on any atom is -0.311 e. The van der Waals surface area contributed by atoms with E-state index in [0.717, 1.165) is 73.4 Å². The molecule has 8 aromatic carbocycles. The number of aromatic nitrogens is 3. The van der Waals surface area contributed by atoms with Crippen molar-refractivity contribution in [2.75, 3.05) is 9.80 Å². The Kier molecular flexibility index (Phi) is 10.5. The second-order valence-electron chi connectivity index (χ2n) is 15.9. The van der Waals surface area contributed by atoms with E-state index in [2.05, 4.69) is 244 Å². The van der Waals surface area contributed by atoms with E-state index in [9.17, 15) is 0 Å². The van der Waals surface area contributed by atoms with Gasteiger partial charge in [0.1, 0.15) is 5.65 Å². The molecule has 0 N–H and O–H groups in total. The summed E-state index contributed by atoms with van der Waals surface area (Å²) in [6, 6.07) is 85.8. The third-order valence-corrected chi connectivity index (χ3v) is 11.9. The lowest BCUT2D eigenvalue weighted by Crippen LogP contribution is -2.10. The van der Waals surface area contributed by atoms with E-state index in [-0.39, 0.29) is 0 Å². The number of rotatable bonds is 11. The van der Waals surface area contributed by atoms with Gasteiger partial charge in [0.2, 0.25) is 0 Å². The summed E-state index contributed by atoms with van der Waals surface area (Å²) >= 11 is 0. The minimum atomic E-state index is 0.915. The molecule has 11 aromatic rings. The van der Waals surface area contributed by atoms with E-state index in [1.54, 1.807) is 0 Å². The third-order valence-electron chi connectivity index (χ3n) is 11.9. The predicted molar refractivity (Wildman–Crippen MR) is 270 cm³/mol. The minimum absolute atomic E-state index is 0.915. The van der Waals surface area contributed by atoms with Crippen LogP contribution < -0.4 is 9.80 Å². The number of benzene rings is 8. The Morgan fingerprint density at radius 1 is 0.277 bits per heavy atom. The molecule has 5 nitrogen and oxygen atoms in total. The molecule has 0 saturated heterocycles. The molecule has 0 radical (unpaired) electrons. The van der Waals surface area contributed by atoms with Crippen LogP contribution in [-0.2, 0) is 0 Å². The molecule has 0 aliphatic heterocycles. The molecule has 5 heteroatoms. The summed E-state index contributed by atoms with van der Waals surface area (Å²) in [5.41, 5.74) is 18.5. The fourth-order valence-corrected chi connectivity index (χ4v) is 8.70. The molecule has 0 saturated carbocycles. The second-order valence-corrected chi connectivity index (χ2v) is 15.9. The highest BCUT2D eigenvalue weighted by molar-refractivity contribution is 5.85. The van der Waals surface area contributed by atoms with Crippen molar-refractivity contribution >= 4 is 39.8 Å². The highest BCUT2D eigenvalue weighted by Crippen LogP contribution is 2.40. The monoisotopic (exact) mass is 833 g/mol. The quantitative estimate of drug-likeness (QED) is 0.130. The fourth-order valence-electron chi connectivity index (χ4n) is 8.70. The van der Waals surface area contributed by atoms with Crippen LogP contribution in [0.2, 0.25) is 0 Å². The van der Waals surface area contributed by atoms with Crippen LogP contribution in [-0.4, -0.2) is 14.4 Å². The molecule has 0 unspecified atom stereocenters. The summed E-state index contributed by atoms with van der Waals surface area (Å²) in [7, 11) is 0. The summed E-state index contributed by atoms with van der Waals surface area (Å²) < 4.78 is 2.17. The molecule has 3 heterocycles. The van der Waals surface area contributed by atoms with Crippen LogP contribution in [0.5, 0.6) is 0 Å². The standard InChI is InChI=1S/C60H43N5/c1-4-12-44(13-5-1)46-19-29-52(30-20-46)64(53-31-21-47(22-32-53)45-14-6-2-7-15-45)54-33-23-48(24-34-54)49-25-35-55(36-26-49)65(57-39-41-61-42-40-57)56-37-27-50(28-38-56)59-60(51-16-8-3-9-17-51)63-43-11-10-18-58(63)62-59/h1-43H. The predicted octanol–water partition coefficient (Wildman–Crippen LogP) is 16.0. The van der Waals surface area contributed by atoms with Gasteiger partial charge in [-0.15, -0.1) is 0 Å². The first-order valence-electron chi connectivity index (χ1n) is 21.9. The first kappa shape index (κ1) is 39.1. The van der Waals surface area contributed by atoms with Crippen molar-refractivity contribution in [3.05, 3.63) is 261 Å². The lowest BCUT2D eigenvalue weighted by Gasteiger charge is -2.26. The molecule has 3 aromatic heterocycles. The van der Waals surface area contributed by atoms with E-state index in [0.29, 0.717) is 0 Å². The lowest BCUT2D eigenvalue weighted by atomic mass is 10.0. The Bertz CT molecular complexity index is 3210. The summed E-state index contributed by atoms with van der Waals surface area (Å²) in [5, 5.41) is 0. The molecule has 0 atom stereocenters. The van der Waals surface area contributed by atoms with Crippen molar-refractivity contribution in [1.82, 2.24) is 14.4 Å². The molecular formula is C60H43N5. The van der Waals surface area contributed by atoms with Gasteiger partial charge in [-0.1, -0.05) is 158 Å². The van der Waals surface area contributed by atoms with Gasteiger partial charge in [-0.3, -0.25) is 9.38 Å². The number of imidazole rings is 1. The Morgan fingerprint density at radius 2 is 0.600 bits per heavy atom. The van der Waals surface area contributed by atoms with Gasteiger partial charge in [-0.25, -0.2) is 4.98 Å². The van der Waals surface area contributed by atoms with Crippen LogP contribution in [0.4, 0.5) is 34.1 Å². The molecule has 0 spiro atoms. The number of anilines is 6. The lowest BCUT2D eigenvalue weighted by molar-refractivity contribution is 1.19. The Hall–Kier alpha value is -8.80. The number of fused-ring (bicyclic) bond motifs is 1. The molecule has 11 rings (SSSR count). The molecule has 0 fully saturated rings. The van der Waals surface area contributed by atoms with Gasteiger partial charge >= 0.3 is 0 Å². The second kappa shape index (κ2) is 17.5. The highest BCUT2D eigenvalue weighted by atomic mass is 15.1. The average Bonchev–Trinajstić information content (AvgIpc) is 3.79. The van der Waals surface area contributed by atoms with Gasteiger partial charge in [-0.05, 0) is 118 Å². The van der Waals surface area contributed by atoms with Crippen molar-refractivity contribution in [3.63, 3.8) is 0 Å². The summed E-state index contributed by atoms with van der Waals surface area (Å²) in [4.78, 5) is 14.0. The van der Waals surface area contributed by atoms with Crippen LogP contribution in [0.25, 0.3) is 61.5 Å². The van der Waals surface area contributed by atoms with Crippen LogP contribution in [0.15, 0.2) is 261 Å². The third kappa shape index (κ3) is 7.95. The van der Waals surface area contributed by atoms with Crippen LogP contribution in [0.3, 0.4) is 0 Å². The van der Waals surface area contributed by atoms with E-state index >= 15 is 0 Å². The van der Waals surface area contributed by atoms with E-state index in [1.807, 2.05) is 36.7 Å². The number of hydrogen-bond acceptors (Lipinski definition) is 4. The van der Waals surface area contributed by atoms with Gasteiger partial charge in [0, 0.05) is 63.8 Å². The fraction of sp³-hybridized carbons (Fsp3) is 0. The highest BCUT2D eigenvalue weighted by Gasteiger charge is 2.19. The molecule has 308 valence electrons. The molecule has 0 bridgehead atoms. The Labute approximate surface area is 379 Å². The molecule has 0 aliphatic carbocycles. The zero-order valence-electron chi connectivity index (χ0n) is 35.6. The van der Waals surface area contributed by atoms with Crippen molar-refractivity contribution < 1.29 is 0 Å². The average molecular weight is 834 g/mol. The van der Waals surface area contributed by atoms with Crippen LogP contribution in [0.1, 0.15) is 0 Å². The number of hydrogen-bond donors (Lipinski definition) is 0. The van der Waals surface area contributed by atoms with Gasteiger partial charge in [0.05, 0.1) is 11.4 Å². The maximum Gasteiger partial charge on any atom is 0.137 e. The van der Waals surface area contributed by atoms with Crippen molar-refractivity contribution in [1.29, 1.82) is 0 Å². The normalized spacial score (nSPS) is 11.1. The van der Waals surface area contributed by atoms with E-state index in [1.165, 1.54) is 22.3 Å². The zero-order chi connectivity index (χ0) is 43.4. The summed E-state index contributed by atoms with van der Waals surface area (Å²) in [6.45, 7) is 0. The van der Waals surface area contributed by atoms with Crippen molar-refractivity contribution in [2.45, 2.75) is 0 Å². The first-order chi connectivity index (χ1) is 32.2. The van der Waals surface area contributed by atoms with Gasteiger partial charge < -0.3 is 9.80 Å². The maximum absolute atomic E-state index is 5.10. The van der Waals surface area contributed by atoms with E-state index in [4.69, 9.17) is 4.98 Å². The smallest absolute Gasteiger partial charge is 0.137 e. The number of nitrogens with zero attached hydrogens (tertiary/aromatic N) is 5. The molecule has 65 heavy (non-hydrogen) atoms. The zero-order valence-corrected chi connectivity index (χ0v) is 35.6.